The van der Waals surface area contributed by atoms with Crippen molar-refractivity contribution < 1.29 is 14.6 Å². The molecule has 2 N–H and O–H groups in total. The number of aliphatic hydroxyl groups is 1. The van der Waals surface area contributed by atoms with Crippen LogP contribution in [0, 0.1) is 0 Å². The number of ether oxygens (including phenoxy) is 1. The van der Waals surface area contributed by atoms with E-state index in [2.05, 4.69) is 15.3 Å². The molecule has 0 aliphatic carbocycles. The molecule has 0 spiro atoms. The normalized spacial score (nSPS) is 10.5. The highest BCUT2D eigenvalue weighted by Gasteiger charge is 1.99. The molecule has 1 amide bonds. The van der Waals surface area contributed by atoms with Gasteiger partial charge < -0.3 is 14.7 Å². The number of anilines is 1. The summed E-state index contributed by atoms with van der Waals surface area (Å²) in [5.74, 6) is 0. The molecule has 0 saturated heterocycles. The number of aliphatic hydroxyl groups excluding tert-OH is 1. The molecule has 0 aromatic heterocycles. The van der Waals surface area contributed by atoms with E-state index in [1.165, 1.54) is 6.21 Å². The fourth-order valence-electron chi connectivity index (χ4n) is 1.42. The van der Waals surface area contributed by atoms with Crippen LogP contribution < -0.4 is 10.3 Å². The minimum Gasteiger partial charge on any atom is -0.449 e. The van der Waals surface area contributed by atoms with Crippen LogP contribution in [0.3, 0.4) is 0 Å². The number of nitrogens with zero attached hydrogens (tertiary/aromatic N) is 2. The van der Waals surface area contributed by atoms with Gasteiger partial charge in [0.15, 0.2) is 0 Å². The maximum absolute atomic E-state index is 11.0. The van der Waals surface area contributed by atoms with Gasteiger partial charge in [0.25, 0.3) is 0 Å². The Kier molecular flexibility index (Phi) is 6.38. The third-order valence-electron chi connectivity index (χ3n) is 2.41. The molecule has 0 unspecified atom stereocenters. The van der Waals surface area contributed by atoms with Crippen molar-refractivity contribution in [1.82, 2.24) is 5.43 Å². The van der Waals surface area contributed by atoms with Crippen LogP contribution in [0.1, 0.15) is 12.5 Å². The van der Waals surface area contributed by atoms with Gasteiger partial charge in [0.2, 0.25) is 0 Å². The topological polar surface area (TPSA) is 74.2 Å². The van der Waals surface area contributed by atoms with Crippen LogP contribution in [0.2, 0.25) is 0 Å². The highest BCUT2D eigenvalue weighted by Crippen LogP contribution is 2.12. The lowest BCUT2D eigenvalue weighted by Gasteiger charge is -2.17. The number of hydrogen-bond donors (Lipinski definition) is 2. The Bertz CT molecular complexity index is 418. The molecule has 0 radical (unpaired) electrons. The summed E-state index contributed by atoms with van der Waals surface area (Å²) in [6.07, 6.45) is 0.963. The summed E-state index contributed by atoms with van der Waals surface area (Å²) in [5, 5.41) is 12.6. The minimum absolute atomic E-state index is 0.114. The fourth-order valence-corrected chi connectivity index (χ4v) is 1.42. The lowest BCUT2D eigenvalue weighted by molar-refractivity contribution is 0.152. The van der Waals surface area contributed by atoms with E-state index in [1.54, 1.807) is 6.92 Å². The Labute approximate surface area is 112 Å². The number of hydrogen-bond acceptors (Lipinski definition) is 5. The molecule has 0 fully saturated rings. The van der Waals surface area contributed by atoms with Crippen LogP contribution >= 0.6 is 0 Å². The van der Waals surface area contributed by atoms with Crippen molar-refractivity contribution in [2.45, 2.75) is 6.92 Å². The summed E-state index contributed by atoms with van der Waals surface area (Å²) in [7, 11) is 1.90. The Morgan fingerprint density at radius 3 is 2.74 bits per heavy atom. The molecule has 104 valence electrons. The Hall–Kier alpha value is -2.08. The van der Waals surface area contributed by atoms with E-state index >= 15 is 0 Å². The average molecular weight is 265 g/mol. The molecular formula is C13H19N3O3. The molecule has 0 aliphatic rings. The van der Waals surface area contributed by atoms with Crippen molar-refractivity contribution in [3.63, 3.8) is 0 Å². The largest absolute Gasteiger partial charge is 0.449 e. The predicted octanol–water partition coefficient (Wildman–Crippen LogP) is 1.20. The zero-order valence-electron chi connectivity index (χ0n) is 11.2. The standard InChI is InChI=1S/C13H19N3O3/c1-3-19-13(18)15-14-10-11-4-6-12(7-5-11)16(2)8-9-17/h4-7,10,17H,3,8-9H2,1-2H3,(H,15,18)/b14-10+. The number of amides is 1. The van der Waals surface area contributed by atoms with Crippen LogP contribution in [-0.2, 0) is 4.74 Å². The van der Waals surface area contributed by atoms with Crippen molar-refractivity contribution in [2.75, 3.05) is 31.7 Å². The molecule has 0 saturated carbocycles. The Morgan fingerprint density at radius 1 is 1.47 bits per heavy atom. The van der Waals surface area contributed by atoms with Crippen molar-refractivity contribution >= 4 is 18.0 Å². The molecule has 1 aromatic carbocycles. The van der Waals surface area contributed by atoms with Crippen LogP contribution in [0.25, 0.3) is 0 Å². The van der Waals surface area contributed by atoms with Gasteiger partial charge in [-0.2, -0.15) is 5.10 Å². The Morgan fingerprint density at radius 2 is 2.16 bits per heavy atom. The second-order valence-corrected chi connectivity index (χ2v) is 3.83. The van der Waals surface area contributed by atoms with Crippen molar-refractivity contribution in [3.8, 4) is 0 Å². The number of benzene rings is 1. The van der Waals surface area contributed by atoms with Crippen LogP contribution in [0.4, 0.5) is 10.5 Å². The monoisotopic (exact) mass is 265 g/mol. The van der Waals surface area contributed by atoms with Crippen LogP contribution in [-0.4, -0.2) is 44.2 Å². The first kappa shape index (κ1) is 15.0. The average Bonchev–Trinajstić information content (AvgIpc) is 2.40. The first-order valence-corrected chi connectivity index (χ1v) is 6.05. The summed E-state index contributed by atoms with van der Waals surface area (Å²) < 4.78 is 4.66. The number of rotatable bonds is 6. The van der Waals surface area contributed by atoms with Gasteiger partial charge in [-0.25, -0.2) is 10.2 Å². The summed E-state index contributed by atoms with van der Waals surface area (Å²) >= 11 is 0. The number of hydrazone groups is 1. The lowest BCUT2D eigenvalue weighted by Crippen LogP contribution is -2.21. The van der Waals surface area contributed by atoms with E-state index in [-0.39, 0.29) is 6.61 Å². The molecule has 1 rings (SSSR count). The number of likely N-dealkylation sites (N-methyl/N-ethyl adjacent to an activating group) is 1. The third-order valence-corrected chi connectivity index (χ3v) is 2.41. The van der Waals surface area contributed by atoms with E-state index < -0.39 is 6.09 Å². The Balaban J connectivity index is 2.52. The molecule has 0 aliphatic heterocycles. The number of nitrogens with one attached hydrogen (secondary N) is 1. The van der Waals surface area contributed by atoms with Gasteiger partial charge in [-0.15, -0.1) is 0 Å². The molecule has 0 heterocycles. The van der Waals surface area contributed by atoms with E-state index in [1.807, 2.05) is 36.2 Å². The summed E-state index contributed by atoms with van der Waals surface area (Å²) in [6, 6.07) is 7.59. The van der Waals surface area contributed by atoms with Crippen molar-refractivity contribution in [2.24, 2.45) is 5.10 Å². The summed E-state index contributed by atoms with van der Waals surface area (Å²) in [6.45, 7) is 2.74. The maximum Gasteiger partial charge on any atom is 0.427 e. The quantitative estimate of drug-likeness (QED) is 0.598. The second-order valence-electron chi connectivity index (χ2n) is 3.83. The van der Waals surface area contributed by atoms with Gasteiger partial charge in [-0.1, -0.05) is 12.1 Å². The van der Waals surface area contributed by atoms with Gasteiger partial charge in [0.1, 0.15) is 0 Å². The van der Waals surface area contributed by atoms with Gasteiger partial charge in [-0.3, -0.25) is 0 Å². The van der Waals surface area contributed by atoms with Crippen molar-refractivity contribution in [3.05, 3.63) is 29.8 Å². The third kappa shape index (κ3) is 5.39. The van der Waals surface area contributed by atoms with E-state index in [4.69, 9.17) is 5.11 Å². The smallest absolute Gasteiger partial charge is 0.427 e. The highest BCUT2D eigenvalue weighted by molar-refractivity contribution is 5.81. The molecule has 19 heavy (non-hydrogen) atoms. The highest BCUT2D eigenvalue weighted by atomic mass is 16.5. The first-order chi connectivity index (χ1) is 9.17. The first-order valence-electron chi connectivity index (χ1n) is 6.05. The molecule has 6 nitrogen and oxygen atoms in total. The van der Waals surface area contributed by atoms with Crippen LogP contribution in [0.5, 0.6) is 0 Å². The molecule has 0 bridgehead atoms. The molecule has 0 atom stereocenters. The van der Waals surface area contributed by atoms with Crippen LogP contribution in [0.15, 0.2) is 29.4 Å². The second kappa shape index (κ2) is 8.10. The van der Waals surface area contributed by atoms with E-state index in [0.717, 1.165) is 11.3 Å². The maximum atomic E-state index is 11.0. The summed E-state index contributed by atoms with van der Waals surface area (Å²) in [5.41, 5.74) is 4.12. The SMILES string of the molecule is CCOC(=O)N/N=C/c1ccc(N(C)CCO)cc1. The molecule has 6 heteroatoms. The molecule has 1 aromatic rings. The van der Waals surface area contributed by atoms with Crippen molar-refractivity contribution in [1.29, 1.82) is 0 Å². The van der Waals surface area contributed by atoms with E-state index in [9.17, 15) is 4.79 Å². The van der Waals surface area contributed by atoms with E-state index in [0.29, 0.717) is 13.2 Å². The zero-order valence-corrected chi connectivity index (χ0v) is 11.2. The summed E-state index contributed by atoms with van der Waals surface area (Å²) in [4.78, 5) is 12.9. The zero-order chi connectivity index (χ0) is 14.1. The van der Waals surface area contributed by atoms with Gasteiger partial charge in [-0.05, 0) is 24.6 Å². The molecular weight excluding hydrogens is 246 g/mol. The number of carbonyl (C=O) groups is 1. The fraction of sp³-hybridized carbons (Fsp3) is 0.385. The lowest BCUT2D eigenvalue weighted by atomic mass is 10.2. The minimum atomic E-state index is -0.571. The van der Waals surface area contributed by atoms with Gasteiger partial charge in [0.05, 0.1) is 19.4 Å². The predicted molar refractivity (Wildman–Crippen MR) is 74.5 cm³/mol. The van der Waals surface area contributed by atoms with Gasteiger partial charge >= 0.3 is 6.09 Å². The number of carbonyl (C=O) groups excluding carboxylic acids is 1. The van der Waals surface area contributed by atoms with Gasteiger partial charge in [0, 0.05) is 19.3 Å².